The van der Waals surface area contributed by atoms with E-state index in [1.807, 2.05) is 36.6 Å². The second-order valence-electron chi connectivity index (χ2n) is 4.28. The first-order valence-electron chi connectivity index (χ1n) is 6.17. The normalized spacial score (nSPS) is 12.2. The molecule has 1 heterocycles. The number of rotatable bonds is 5. The lowest BCUT2D eigenvalue weighted by atomic mass is 10.2. The summed E-state index contributed by atoms with van der Waals surface area (Å²) in [6.45, 7) is 2.45. The highest BCUT2D eigenvalue weighted by atomic mass is 32.1. The zero-order valence-electron chi connectivity index (χ0n) is 11.4. The van der Waals surface area contributed by atoms with Crippen molar-refractivity contribution < 1.29 is 4.74 Å². The van der Waals surface area contributed by atoms with Crippen molar-refractivity contribution in [3.05, 3.63) is 45.9 Å². The Labute approximate surface area is 122 Å². The highest BCUT2D eigenvalue weighted by Gasteiger charge is 2.11. The van der Waals surface area contributed by atoms with Crippen molar-refractivity contribution in [1.82, 2.24) is 4.98 Å². The summed E-state index contributed by atoms with van der Waals surface area (Å²) < 4.78 is 5.16. The SMILES string of the molecule is COc1cccc(CN=C[C@H](C#N)c2nc(C)cs2)c1. The van der Waals surface area contributed by atoms with E-state index in [9.17, 15) is 5.26 Å². The number of ether oxygens (including phenoxy) is 1. The molecule has 0 bridgehead atoms. The van der Waals surface area contributed by atoms with Gasteiger partial charge in [-0.1, -0.05) is 12.1 Å². The van der Waals surface area contributed by atoms with Gasteiger partial charge in [-0.3, -0.25) is 4.99 Å². The average Bonchev–Trinajstić information content (AvgIpc) is 2.90. The highest BCUT2D eigenvalue weighted by Crippen LogP contribution is 2.18. The maximum atomic E-state index is 9.17. The third kappa shape index (κ3) is 3.65. The van der Waals surface area contributed by atoms with Crippen LogP contribution in [0.2, 0.25) is 0 Å². The van der Waals surface area contributed by atoms with E-state index in [0.29, 0.717) is 6.54 Å². The van der Waals surface area contributed by atoms with E-state index in [-0.39, 0.29) is 5.92 Å². The van der Waals surface area contributed by atoms with Crippen molar-refractivity contribution in [3.8, 4) is 11.8 Å². The van der Waals surface area contributed by atoms with Crippen molar-refractivity contribution in [3.63, 3.8) is 0 Å². The molecule has 0 unspecified atom stereocenters. The van der Waals surface area contributed by atoms with Crippen molar-refractivity contribution in [2.75, 3.05) is 7.11 Å². The van der Waals surface area contributed by atoms with Gasteiger partial charge in [0.1, 0.15) is 16.7 Å². The van der Waals surface area contributed by atoms with E-state index in [1.165, 1.54) is 11.3 Å². The van der Waals surface area contributed by atoms with E-state index < -0.39 is 0 Å². The summed E-state index contributed by atoms with van der Waals surface area (Å²) in [6, 6.07) is 9.95. The molecule has 20 heavy (non-hydrogen) atoms. The van der Waals surface area contributed by atoms with Gasteiger partial charge >= 0.3 is 0 Å². The Morgan fingerprint density at radius 2 is 2.40 bits per heavy atom. The number of methoxy groups -OCH3 is 1. The summed E-state index contributed by atoms with van der Waals surface area (Å²) in [4.78, 5) is 8.66. The second-order valence-corrected chi connectivity index (χ2v) is 5.16. The van der Waals surface area contributed by atoms with Gasteiger partial charge in [-0.15, -0.1) is 11.3 Å². The predicted molar refractivity (Wildman–Crippen MR) is 80.4 cm³/mol. The summed E-state index contributed by atoms with van der Waals surface area (Å²) >= 11 is 1.49. The maximum Gasteiger partial charge on any atom is 0.133 e. The van der Waals surface area contributed by atoms with Crippen LogP contribution < -0.4 is 4.74 Å². The Morgan fingerprint density at radius 1 is 1.55 bits per heavy atom. The zero-order chi connectivity index (χ0) is 14.4. The Bertz CT molecular complexity index is 643. The first-order chi connectivity index (χ1) is 9.72. The molecule has 4 nitrogen and oxygen atoms in total. The monoisotopic (exact) mass is 285 g/mol. The van der Waals surface area contributed by atoms with Gasteiger partial charge in [-0.2, -0.15) is 5.26 Å². The molecule has 1 atom stereocenters. The predicted octanol–water partition coefficient (Wildman–Crippen LogP) is 3.34. The highest BCUT2D eigenvalue weighted by molar-refractivity contribution is 7.09. The minimum Gasteiger partial charge on any atom is -0.497 e. The molecule has 2 rings (SSSR count). The molecular weight excluding hydrogens is 270 g/mol. The van der Waals surface area contributed by atoms with E-state index in [1.54, 1.807) is 13.3 Å². The average molecular weight is 285 g/mol. The molecule has 0 aliphatic heterocycles. The molecule has 5 heteroatoms. The number of nitrogens with zero attached hydrogens (tertiary/aromatic N) is 3. The van der Waals surface area contributed by atoms with Gasteiger partial charge in [-0.25, -0.2) is 4.98 Å². The topological polar surface area (TPSA) is 58.3 Å². The van der Waals surface area contributed by atoms with E-state index in [4.69, 9.17) is 4.74 Å². The minimum absolute atomic E-state index is 0.376. The smallest absolute Gasteiger partial charge is 0.133 e. The van der Waals surface area contributed by atoms with E-state index >= 15 is 0 Å². The second kappa shape index (κ2) is 6.83. The fraction of sp³-hybridized carbons (Fsp3) is 0.267. The quantitative estimate of drug-likeness (QED) is 0.792. The van der Waals surface area contributed by atoms with Crippen molar-refractivity contribution in [2.24, 2.45) is 4.99 Å². The summed E-state index contributed by atoms with van der Waals surface area (Å²) in [5.74, 6) is 0.435. The van der Waals surface area contributed by atoms with Crippen LogP contribution in [0, 0.1) is 18.3 Å². The molecule has 0 fully saturated rings. The number of hydrogen-bond acceptors (Lipinski definition) is 5. The Balaban J connectivity index is 2.03. The van der Waals surface area contributed by atoms with E-state index in [0.717, 1.165) is 22.0 Å². The van der Waals surface area contributed by atoms with Crippen LogP contribution in [-0.4, -0.2) is 18.3 Å². The number of nitriles is 1. The Hall–Kier alpha value is -2.19. The number of aryl methyl sites for hydroxylation is 1. The summed E-state index contributed by atoms with van der Waals surface area (Å²) in [6.07, 6.45) is 1.66. The van der Waals surface area contributed by atoms with Crippen LogP contribution in [0.4, 0.5) is 0 Å². The van der Waals surface area contributed by atoms with Gasteiger partial charge < -0.3 is 4.74 Å². The molecule has 102 valence electrons. The fourth-order valence-corrected chi connectivity index (χ4v) is 2.50. The van der Waals surface area contributed by atoms with E-state index in [2.05, 4.69) is 16.0 Å². The minimum atomic E-state index is -0.376. The molecule has 0 amide bonds. The lowest BCUT2D eigenvalue weighted by Gasteiger charge is -2.02. The number of aliphatic imine (C=N–C) groups is 1. The largest absolute Gasteiger partial charge is 0.497 e. The fourth-order valence-electron chi connectivity index (χ4n) is 1.70. The third-order valence-electron chi connectivity index (χ3n) is 2.70. The Morgan fingerprint density at radius 3 is 3.05 bits per heavy atom. The maximum absolute atomic E-state index is 9.17. The van der Waals surface area contributed by atoms with Crippen molar-refractivity contribution >= 4 is 17.6 Å². The van der Waals surface area contributed by atoms with Gasteiger partial charge in [0.2, 0.25) is 0 Å². The number of thiazole rings is 1. The number of aromatic nitrogens is 1. The summed E-state index contributed by atoms with van der Waals surface area (Å²) in [5.41, 5.74) is 1.99. The summed E-state index contributed by atoms with van der Waals surface area (Å²) in [5, 5.41) is 11.9. The molecule has 1 aromatic carbocycles. The number of hydrogen-bond donors (Lipinski definition) is 0. The lowest BCUT2D eigenvalue weighted by molar-refractivity contribution is 0.414. The third-order valence-corrected chi connectivity index (χ3v) is 3.75. The molecule has 2 aromatic rings. The molecule has 0 spiro atoms. The summed E-state index contributed by atoms with van der Waals surface area (Å²) in [7, 11) is 1.64. The molecule has 0 aliphatic carbocycles. The van der Waals surface area contributed by atoms with Crippen LogP contribution in [0.1, 0.15) is 22.2 Å². The van der Waals surface area contributed by atoms with Gasteiger partial charge in [-0.05, 0) is 24.6 Å². The molecular formula is C15H15N3OS. The van der Waals surface area contributed by atoms with Crippen molar-refractivity contribution in [1.29, 1.82) is 5.26 Å². The molecule has 0 saturated carbocycles. The van der Waals surface area contributed by atoms with Crippen LogP contribution in [0.5, 0.6) is 5.75 Å². The van der Waals surface area contributed by atoms with Crippen LogP contribution in [0.25, 0.3) is 0 Å². The standard InChI is InChI=1S/C15H15N3OS/c1-11-10-20-15(18-11)13(7-16)9-17-8-12-4-3-5-14(6-12)19-2/h3-6,9-10,13H,8H2,1-2H3/t13-/m0/s1. The molecule has 0 N–H and O–H groups in total. The molecule has 1 aromatic heterocycles. The van der Waals surface area contributed by atoms with Crippen LogP contribution >= 0.6 is 11.3 Å². The van der Waals surface area contributed by atoms with Crippen molar-refractivity contribution in [2.45, 2.75) is 19.4 Å². The number of benzene rings is 1. The van der Waals surface area contributed by atoms with Gasteiger partial charge in [0.25, 0.3) is 0 Å². The van der Waals surface area contributed by atoms with Crippen LogP contribution in [-0.2, 0) is 6.54 Å². The first-order valence-corrected chi connectivity index (χ1v) is 7.05. The van der Waals surface area contributed by atoms with Gasteiger partial charge in [0.15, 0.2) is 0 Å². The zero-order valence-corrected chi connectivity index (χ0v) is 12.2. The van der Waals surface area contributed by atoms with Gasteiger partial charge in [0.05, 0.1) is 19.7 Å². The van der Waals surface area contributed by atoms with Crippen LogP contribution in [0.15, 0.2) is 34.6 Å². The molecule has 0 radical (unpaired) electrons. The Kier molecular flexibility index (Phi) is 4.85. The molecule has 0 saturated heterocycles. The molecule has 0 aliphatic rings. The van der Waals surface area contributed by atoms with Crippen LogP contribution in [0.3, 0.4) is 0 Å². The lowest BCUT2D eigenvalue weighted by Crippen LogP contribution is -1.97. The van der Waals surface area contributed by atoms with Gasteiger partial charge in [0, 0.05) is 17.3 Å². The first kappa shape index (κ1) is 14.2.